The van der Waals surface area contributed by atoms with Crippen molar-refractivity contribution in [3.8, 4) is 0 Å². The number of anilines is 1. The molecule has 0 bridgehead atoms. The Kier molecular flexibility index (Phi) is 3.72. The molecule has 0 aliphatic heterocycles. The number of halogens is 1. The van der Waals surface area contributed by atoms with E-state index in [-0.39, 0.29) is 11.7 Å². The maximum atomic E-state index is 13.7. The van der Waals surface area contributed by atoms with E-state index in [0.29, 0.717) is 5.92 Å². The summed E-state index contributed by atoms with van der Waals surface area (Å²) in [5.74, 6) is 0.496. The highest BCUT2D eigenvalue weighted by molar-refractivity contribution is 5.60. The van der Waals surface area contributed by atoms with Crippen LogP contribution in [0.2, 0.25) is 0 Å². The van der Waals surface area contributed by atoms with Crippen LogP contribution in [0.5, 0.6) is 0 Å². The van der Waals surface area contributed by atoms with Crippen molar-refractivity contribution in [2.75, 3.05) is 12.4 Å². The lowest BCUT2D eigenvalue weighted by molar-refractivity contribution is 0.597. The molecule has 0 unspecified atom stereocenters. The number of benzene rings is 1. The first-order chi connectivity index (χ1) is 6.99. The van der Waals surface area contributed by atoms with Crippen molar-refractivity contribution >= 4 is 5.69 Å². The molecular formula is C13H20FN. The van der Waals surface area contributed by atoms with Gasteiger partial charge in [0.25, 0.3) is 0 Å². The Hall–Kier alpha value is -1.05. The normalized spacial score (nSPS) is 11.2. The number of hydrogen-bond acceptors (Lipinski definition) is 1. The van der Waals surface area contributed by atoms with E-state index in [2.05, 4.69) is 19.2 Å². The molecule has 1 N–H and O–H groups in total. The zero-order chi connectivity index (χ0) is 11.6. The van der Waals surface area contributed by atoms with Gasteiger partial charge < -0.3 is 5.32 Å². The summed E-state index contributed by atoms with van der Waals surface area (Å²) in [4.78, 5) is 0. The van der Waals surface area contributed by atoms with Crippen LogP contribution in [0.3, 0.4) is 0 Å². The van der Waals surface area contributed by atoms with Gasteiger partial charge >= 0.3 is 0 Å². The van der Waals surface area contributed by atoms with Gasteiger partial charge in [-0.1, -0.05) is 33.8 Å². The zero-order valence-corrected chi connectivity index (χ0v) is 10.2. The van der Waals surface area contributed by atoms with E-state index in [0.717, 1.165) is 11.3 Å². The summed E-state index contributed by atoms with van der Waals surface area (Å²) in [7, 11) is 1.85. The molecule has 1 nitrogen and oxygen atoms in total. The minimum absolute atomic E-state index is 0.112. The molecule has 2 heteroatoms. The molecule has 0 heterocycles. The molecule has 0 aliphatic carbocycles. The molecule has 0 spiro atoms. The van der Waals surface area contributed by atoms with Crippen LogP contribution in [0.15, 0.2) is 12.1 Å². The number of hydrogen-bond donors (Lipinski definition) is 1. The van der Waals surface area contributed by atoms with Crippen LogP contribution in [0.25, 0.3) is 0 Å². The van der Waals surface area contributed by atoms with Gasteiger partial charge in [-0.3, -0.25) is 0 Å². The lowest BCUT2D eigenvalue weighted by atomic mass is 9.92. The largest absolute Gasteiger partial charge is 0.388 e. The Morgan fingerprint density at radius 2 is 1.67 bits per heavy atom. The molecule has 0 fully saturated rings. The summed E-state index contributed by atoms with van der Waals surface area (Å²) < 4.78 is 13.7. The van der Waals surface area contributed by atoms with Crippen LogP contribution in [0.1, 0.15) is 50.7 Å². The molecular weight excluding hydrogens is 189 g/mol. The molecule has 0 amide bonds. The summed E-state index contributed by atoms with van der Waals surface area (Å²) >= 11 is 0. The monoisotopic (exact) mass is 209 g/mol. The quantitative estimate of drug-likeness (QED) is 0.789. The molecule has 0 aliphatic rings. The molecule has 0 radical (unpaired) electrons. The third kappa shape index (κ3) is 2.31. The van der Waals surface area contributed by atoms with E-state index in [1.54, 1.807) is 6.07 Å². The molecule has 15 heavy (non-hydrogen) atoms. The minimum Gasteiger partial charge on any atom is -0.388 e. The van der Waals surface area contributed by atoms with Crippen molar-refractivity contribution in [2.45, 2.75) is 39.5 Å². The Morgan fingerprint density at radius 3 is 2.07 bits per heavy atom. The van der Waals surface area contributed by atoms with Crippen LogP contribution >= 0.6 is 0 Å². The van der Waals surface area contributed by atoms with Crippen LogP contribution in [-0.4, -0.2) is 7.05 Å². The fourth-order valence-corrected chi connectivity index (χ4v) is 1.94. The molecule has 0 atom stereocenters. The maximum Gasteiger partial charge on any atom is 0.128 e. The third-order valence-electron chi connectivity index (χ3n) is 2.67. The molecule has 1 rings (SSSR count). The van der Waals surface area contributed by atoms with Gasteiger partial charge in [-0.2, -0.15) is 0 Å². The summed E-state index contributed by atoms with van der Waals surface area (Å²) in [6.07, 6.45) is 0. The van der Waals surface area contributed by atoms with Crippen molar-refractivity contribution in [3.63, 3.8) is 0 Å². The highest BCUT2D eigenvalue weighted by Gasteiger charge is 2.16. The van der Waals surface area contributed by atoms with Crippen molar-refractivity contribution in [1.82, 2.24) is 0 Å². The van der Waals surface area contributed by atoms with Gasteiger partial charge in [-0.15, -0.1) is 0 Å². The lowest BCUT2D eigenvalue weighted by Crippen LogP contribution is -2.05. The third-order valence-corrected chi connectivity index (χ3v) is 2.67. The second-order valence-corrected chi connectivity index (χ2v) is 4.48. The van der Waals surface area contributed by atoms with Crippen LogP contribution in [-0.2, 0) is 0 Å². The molecule has 0 aromatic heterocycles. The van der Waals surface area contributed by atoms with Crippen molar-refractivity contribution < 1.29 is 4.39 Å². The first kappa shape index (κ1) is 12.0. The van der Waals surface area contributed by atoms with Crippen molar-refractivity contribution in [3.05, 3.63) is 29.1 Å². The summed E-state index contributed by atoms with van der Waals surface area (Å²) in [5, 5.41) is 3.13. The van der Waals surface area contributed by atoms with E-state index < -0.39 is 0 Å². The lowest BCUT2D eigenvalue weighted by Gasteiger charge is -2.19. The van der Waals surface area contributed by atoms with Gasteiger partial charge in [0.15, 0.2) is 0 Å². The summed E-state index contributed by atoms with van der Waals surface area (Å²) in [5.41, 5.74) is 2.94. The smallest absolute Gasteiger partial charge is 0.128 e. The van der Waals surface area contributed by atoms with E-state index >= 15 is 0 Å². The van der Waals surface area contributed by atoms with E-state index in [1.807, 2.05) is 27.0 Å². The fourth-order valence-electron chi connectivity index (χ4n) is 1.94. The SMILES string of the molecule is CNc1c(C(C)C)ccc(F)c1C(C)C. The second-order valence-electron chi connectivity index (χ2n) is 4.48. The second kappa shape index (κ2) is 4.65. The van der Waals surface area contributed by atoms with Crippen molar-refractivity contribution in [2.24, 2.45) is 0 Å². The van der Waals surface area contributed by atoms with E-state index in [9.17, 15) is 4.39 Å². The molecule has 0 saturated heterocycles. The Bertz CT molecular complexity index is 343. The molecule has 1 aromatic rings. The summed E-state index contributed by atoms with van der Waals surface area (Å²) in [6.45, 7) is 8.28. The average molecular weight is 209 g/mol. The first-order valence-electron chi connectivity index (χ1n) is 5.49. The van der Waals surface area contributed by atoms with E-state index in [4.69, 9.17) is 0 Å². The zero-order valence-electron chi connectivity index (χ0n) is 10.2. The van der Waals surface area contributed by atoms with Gasteiger partial charge in [-0.05, 0) is 23.5 Å². The summed E-state index contributed by atoms with van der Waals surface area (Å²) in [6, 6.07) is 3.45. The number of nitrogens with one attached hydrogen (secondary N) is 1. The minimum atomic E-state index is -0.112. The molecule has 1 aromatic carbocycles. The fraction of sp³-hybridized carbons (Fsp3) is 0.538. The Balaban J connectivity index is 3.40. The van der Waals surface area contributed by atoms with E-state index in [1.165, 1.54) is 5.56 Å². The van der Waals surface area contributed by atoms with Crippen LogP contribution < -0.4 is 5.32 Å². The molecule has 0 saturated carbocycles. The molecule has 84 valence electrons. The van der Waals surface area contributed by atoms with Crippen molar-refractivity contribution in [1.29, 1.82) is 0 Å². The Labute approximate surface area is 91.7 Å². The van der Waals surface area contributed by atoms with Gasteiger partial charge in [0.05, 0.1) is 0 Å². The van der Waals surface area contributed by atoms with Gasteiger partial charge in [0.2, 0.25) is 0 Å². The first-order valence-corrected chi connectivity index (χ1v) is 5.49. The predicted octanol–water partition coefficient (Wildman–Crippen LogP) is 4.11. The highest BCUT2D eigenvalue weighted by Crippen LogP contribution is 2.33. The predicted molar refractivity (Wildman–Crippen MR) is 64.1 cm³/mol. The maximum absolute atomic E-state index is 13.7. The van der Waals surface area contributed by atoms with Gasteiger partial charge in [0.1, 0.15) is 5.82 Å². The van der Waals surface area contributed by atoms with Gasteiger partial charge in [-0.25, -0.2) is 4.39 Å². The van der Waals surface area contributed by atoms with Gasteiger partial charge in [0, 0.05) is 18.3 Å². The van der Waals surface area contributed by atoms with Crippen LogP contribution in [0, 0.1) is 5.82 Å². The van der Waals surface area contributed by atoms with Crippen LogP contribution in [0.4, 0.5) is 10.1 Å². The highest BCUT2D eigenvalue weighted by atomic mass is 19.1. The number of rotatable bonds is 3. The standard InChI is InChI=1S/C13H20FN/c1-8(2)10-6-7-11(14)12(9(3)4)13(10)15-5/h6-9,15H,1-5H3. The Morgan fingerprint density at radius 1 is 1.07 bits per heavy atom. The average Bonchev–Trinajstić information content (AvgIpc) is 2.15. The topological polar surface area (TPSA) is 12.0 Å².